The van der Waals surface area contributed by atoms with E-state index in [4.69, 9.17) is 9.47 Å². The van der Waals surface area contributed by atoms with Gasteiger partial charge in [0.1, 0.15) is 5.54 Å². The molecular formula is C24H24F3N3O5S. The predicted octanol–water partition coefficient (Wildman–Crippen LogP) is 3.52. The molecular weight excluding hydrogens is 499 g/mol. The summed E-state index contributed by atoms with van der Waals surface area (Å²) in [6.45, 7) is 0. The van der Waals surface area contributed by atoms with Crippen LogP contribution in [0.5, 0.6) is 5.88 Å². The van der Waals surface area contributed by atoms with E-state index in [0.29, 0.717) is 18.4 Å². The van der Waals surface area contributed by atoms with Gasteiger partial charge in [-0.2, -0.15) is 18.4 Å². The van der Waals surface area contributed by atoms with Gasteiger partial charge in [-0.05, 0) is 49.4 Å². The molecule has 1 aromatic carbocycles. The second kappa shape index (κ2) is 9.37. The number of nitriles is 1. The molecule has 2 aromatic rings. The zero-order valence-corrected chi connectivity index (χ0v) is 20.3. The maximum atomic E-state index is 14.0. The Hall–Kier alpha value is -3.17. The fourth-order valence-electron chi connectivity index (χ4n) is 4.49. The van der Waals surface area contributed by atoms with Crippen LogP contribution in [-0.2, 0) is 25.5 Å². The number of aromatic nitrogens is 1. The van der Waals surface area contributed by atoms with Crippen LogP contribution in [0.2, 0.25) is 0 Å². The van der Waals surface area contributed by atoms with Crippen molar-refractivity contribution in [2.75, 3.05) is 14.2 Å². The molecule has 2 fully saturated rings. The zero-order valence-electron chi connectivity index (χ0n) is 19.5. The molecule has 4 rings (SSSR count). The molecule has 192 valence electrons. The fourth-order valence-corrected chi connectivity index (χ4v) is 6.49. The van der Waals surface area contributed by atoms with E-state index in [1.54, 1.807) is 0 Å². The van der Waals surface area contributed by atoms with Gasteiger partial charge in [-0.1, -0.05) is 6.07 Å². The molecule has 0 spiro atoms. The molecule has 0 radical (unpaired) electrons. The molecule has 36 heavy (non-hydrogen) atoms. The van der Waals surface area contributed by atoms with Crippen LogP contribution in [0.1, 0.15) is 31.2 Å². The molecule has 1 N–H and O–H groups in total. The molecule has 3 atom stereocenters. The molecule has 1 unspecified atom stereocenters. The average molecular weight is 524 g/mol. The monoisotopic (exact) mass is 523 g/mol. The van der Waals surface area contributed by atoms with E-state index < -0.39 is 55.2 Å². The van der Waals surface area contributed by atoms with Gasteiger partial charge >= 0.3 is 6.18 Å². The molecule has 0 saturated heterocycles. The third-order valence-corrected chi connectivity index (χ3v) is 8.97. The molecule has 2 aliphatic rings. The summed E-state index contributed by atoms with van der Waals surface area (Å²) < 4.78 is 79.3. The summed E-state index contributed by atoms with van der Waals surface area (Å²) in [5, 5.41) is 10.6. The maximum Gasteiger partial charge on any atom is 0.417 e. The Bertz CT molecular complexity index is 1300. The summed E-state index contributed by atoms with van der Waals surface area (Å²) >= 11 is 0. The van der Waals surface area contributed by atoms with E-state index in [1.807, 2.05) is 6.07 Å². The summed E-state index contributed by atoms with van der Waals surface area (Å²) in [7, 11) is -1.77. The van der Waals surface area contributed by atoms with Crippen molar-refractivity contribution in [3.8, 4) is 23.1 Å². The Morgan fingerprint density at radius 3 is 2.39 bits per heavy atom. The Kier molecular flexibility index (Phi) is 6.74. The first-order valence-corrected chi connectivity index (χ1v) is 12.7. The topological polar surface area (TPSA) is 118 Å². The Morgan fingerprint density at radius 1 is 1.17 bits per heavy atom. The van der Waals surface area contributed by atoms with E-state index in [-0.39, 0.29) is 24.3 Å². The van der Waals surface area contributed by atoms with Crippen LogP contribution < -0.4 is 10.1 Å². The number of hydrogen-bond acceptors (Lipinski definition) is 7. The second-order valence-corrected chi connectivity index (χ2v) is 11.2. The molecule has 1 aromatic heterocycles. The number of carbonyl (C=O) groups excluding carboxylic acids is 1. The van der Waals surface area contributed by atoms with Crippen molar-refractivity contribution in [3.63, 3.8) is 0 Å². The van der Waals surface area contributed by atoms with Crippen molar-refractivity contribution < 1.29 is 35.9 Å². The number of hydrogen-bond donors (Lipinski definition) is 1. The average Bonchev–Trinajstić information content (AvgIpc) is 3.48. The van der Waals surface area contributed by atoms with Crippen molar-refractivity contribution in [1.29, 1.82) is 5.26 Å². The highest BCUT2D eigenvalue weighted by atomic mass is 32.2. The highest BCUT2D eigenvalue weighted by Gasteiger charge is 2.51. The number of nitrogens with zero attached hydrogens (tertiary/aromatic N) is 2. The Labute approximate surface area is 206 Å². The molecule has 2 aliphatic carbocycles. The van der Waals surface area contributed by atoms with E-state index in [1.165, 1.54) is 38.6 Å². The van der Waals surface area contributed by atoms with Gasteiger partial charge in [0.15, 0.2) is 9.84 Å². The lowest BCUT2D eigenvalue weighted by molar-refractivity contribution is -0.139. The van der Waals surface area contributed by atoms with E-state index in [9.17, 15) is 31.6 Å². The zero-order chi connectivity index (χ0) is 26.3. The van der Waals surface area contributed by atoms with Crippen molar-refractivity contribution in [1.82, 2.24) is 10.3 Å². The molecule has 2 saturated carbocycles. The smallest absolute Gasteiger partial charge is 0.417 e. The minimum atomic E-state index is -4.94. The van der Waals surface area contributed by atoms with Crippen molar-refractivity contribution in [3.05, 3.63) is 42.1 Å². The van der Waals surface area contributed by atoms with Gasteiger partial charge < -0.3 is 14.8 Å². The third kappa shape index (κ3) is 4.90. The second-order valence-electron chi connectivity index (χ2n) is 9.00. The third-order valence-electron chi connectivity index (χ3n) is 6.74. The number of benzene rings is 1. The van der Waals surface area contributed by atoms with Crippen LogP contribution in [0.4, 0.5) is 13.2 Å². The lowest BCUT2D eigenvalue weighted by Gasteiger charge is -2.19. The number of nitrogens with one attached hydrogen (secondary N) is 1. The van der Waals surface area contributed by atoms with Crippen LogP contribution in [0.3, 0.4) is 0 Å². The van der Waals surface area contributed by atoms with Crippen LogP contribution in [-0.4, -0.2) is 50.4 Å². The number of methoxy groups -OCH3 is 2. The lowest BCUT2D eigenvalue weighted by atomic mass is 10.0. The number of pyridine rings is 1. The molecule has 8 nitrogen and oxygen atoms in total. The van der Waals surface area contributed by atoms with E-state index in [2.05, 4.69) is 10.3 Å². The first-order chi connectivity index (χ1) is 16.9. The summed E-state index contributed by atoms with van der Waals surface area (Å²) in [6, 6.07) is 8.06. The van der Waals surface area contributed by atoms with Crippen molar-refractivity contribution >= 4 is 15.7 Å². The van der Waals surface area contributed by atoms with Gasteiger partial charge in [-0.3, -0.25) is 4.79 Å². The normalized spacial score (nSPS) is 23.1. The maximum absolute atomic E-state index is 14.0. The van der Waals surface area contributed by atoms with Crippen LogP contribution in [0.25, 0.3) is 11.1 Å². The van der Waals surface area contributed by atoms with Crippen LogP contribution >= 0.6 is 0 Å². The summed E-state index contributed by atoms with van der Waals surface area (Å²) in [6.07, 6.45) is -3.79. The number of ether oxygens (including phenoxy) is 2. The van der Waals surface area contributed by atoms with Gasteiger partial charge in [-0.15, -0.1) is 0 Å². The standard InChI is InChI=1S/C24H24F3N3O5S/c1-34-19-11-16(10-17(19)22(31)30-23(13-28)7-8-23)36(32,33)20-5-3-14(9-18(20)24(25,26)27)15-4-6-21(35-2)29-12-15/h3-6,9,12,16-17,19H,7-8,10-11H2,1-2H3,(H,30,31)/t16?,17-,19-/m1/s1. The Balaban J connectivity index is 1.65. The predicted molar refractivity (Wildman–Crippen MR) is 121 cm³/mol. The van der Waals surface area contributed by atoms with Gasteiger partial charge in [0.25, 0.3) is 0 Å². The number of carbonyl (C=O) groups is 1. The first kappa shape index (κ1) is 25.9. The SMILES string of the molecule is COc1ccc(-c2ccc(S(=O)(=O)C3C[C@@H](OC)[C@H](C(=O)NC4(C#N)CC4)C3)c(C(F)(F)F)c2)cn1. The summed E-state index contributed by atoms with van der Waals surface area (Å²) in [5.41, 5.74) is -1.75. The summed E-state index contributed by atoms with van der Waals surface area (Å²) in [4.78, 5) is 15.9. The molecule has 0 bridgehead atoms. The highest BCUT2D eigenvalue weighted by Crippen LogP contribution is 2.43. The number of amides is 1. The number of alkyl halides is 3. The molecule has 1 heterocycles. The van der Waals surface area contributed by atoms with Crippen molar-refractivity contribution in [2.24, 2.45) is 5.92 Å². The lowest BCUT2D eigenvalue weighted by Crippen LogP contribution is -2.42. The minimum absolute atomic E-state index is 0.140. The Morgan fingerprint density at radius 2 is 1.86 bits per heavy atom. The van der Waals surface area contributed by atoms with E-state index in [0.717, 1.165) is 12.1 Å². The first-order valence-electron chi connectivity index (χ1n) is 11.2. The van der Waals surface area contributed by atoms with Gasteiger partial charge in [0.2, 0.25) is 11.8 Å². The quantitative estimate of drug-likeness (QED) is 0.590. The molecule has 0 aliphatic heterocycles. The van der Waals surface area contributed by atoms with Crippen LogP contribution in [0, 0.1) is 17.2 Å². The van der Waals surface area contributed by atoms with E-state index >= 15 is 0 Å². The fraction of sp³-hybridized carbons (Fsp3) is 0.458. The largest absolute Gasteiger partial charge is 0.481 e. The molecule has 12 heteroatoms. The minimum Gasteiger partial charge on any atom is -0.481 e. The number of sulfone groups is 1. The van der Waals surface area contributed by atoms with Crippen LogP contribution in [0.15, 0.2) is 41.4 Å². The van der Waals surface area contributed by atoms with Gasteiger partial charge in [0.05, 0.1) is 40.9 Å². The van der Waals surface area contributed by atoms with Gasteiger partial charge in [0, 0.05) is 24.9 Å². The number of rotatable bonds is 7. The highest BCUT2D eigenvalue weighted by molar-refractivity contribution is 7.92. The van der Waals surface area contributed by atoms with Gasteiger partial charge in [-0.25, -0.2) is 13.4 Å². The summed E-state index contributed by atoms with van der Waals surface area (Å²) in [5.74, 6) is -1.15. The molecule has 1 amide bonds. The van der Waals surface area contributed by atoms with Crippen molar-refractivity contribution in [2.45, 2.75) is 53.6 Å². The number of halogens is 3.